The summed E-state index contributed by atoms with van der Waals surface area (Å²) < 4.78 is 1.73. The summed E-state index contributed by atoms with van der Waals surface area (Å²) in [6, 6.07) is 12.2. The van der Waals surface area contributed by atoms with E-state index >= 15 is 0 Å². The van der Waals surface area contributed by atoms with Gasteiger partial charge >= 0.3 is 0 Å². The molecule has 3 aromatic heterocycles. The number of aryl methyl sites for hydroxylation is 1. The topological polar surface area (TPSA) is 120 Å². The molecular formula is C20H17N5O2. The number of fused-ring (bicyclic) bond motifs is 1. The summed E-state index contributed by atoms with van der Waals surface area (Å²) in [4.78, 5) is 20.3. The Kier molecular flexibility index (Phi) is 3.77. The predicted octanol–water partition coefficient (Wildman–Crippen LogP) is 3.08. The fourth-order valence-electron chi connectivity index (χ4n) is 3.18. The first-order chi connectivity index (χ1) is 13.0. The minimum Gasteiger partial charge on any atom is -0.508 e. The number of pyridine rings is 2. The summed E-state index contributed by atoms with van der Waals surface area (Å²) >= 11 is 0. The van der Waals surface area contributed by atoms with E-state index in [4.69, 9.17) is 11.5 Å². The van der Waals surface area contributed by atoms with Crippen LogP contribution in [-0.2, 0) is 0 Å². The maximum Gasteiger partial charge on any atom is 0.155 e. The van der Waals surface area contributed by atoms with Gasteiger partial charge in [-0.25, -0.2) is 9.97 Å². The summed E-state index contributed by atoms with van der Waals surface area (Å²) in [6.07, 6.45) is 2.30. The van der Waals surface area contributed by atoms with Gasteiger partial charge in [-0.3, -0.25) is 9.36 Å². The largest absolute Gasteiger partial charge is 0.508 e. The molecule has 4 aromatic rings. The Morgan fingerprint density at radius 3 is 2.67 bits per heavy atom. The predicted molar refractivity (Wildman–Crippen MR) is 105 cm³/mol. The molecule has 0 saturated carbocycles. The number of nitrogen functional groups attached to an aromatic ring is 2. The molecule has 134 valence electrons. The molecule has 0 unspecified atom stereocenters. The van der Waals surface area contributed by atoms with Crippen LogP contribution in [0.3, 0.4) is 0 Å². The third-order valence-electron chi connectivity index (χ3n) is 4.52. The number of carbonyl (C=O) groups is 1. The van der Waals surface area contributed by atoms with Gasteiger partial charge in [0.05, 0.1) is 22.5 Å². The highest BCUT2D eigenvalue weighted by atomic mass is 16.3. The van der Waals surface area contributed by atoms with Crippen LogP contribution in [0.25, 0.3) is 28.0 Å². The molecule has 0 amide bonds. The number of phenols is 1. The number of rotatable bonds is 3. The molecule has 0 aliphatic rings. The van der Waals surface area contributed by atoms with Crippen molar-refractivity contribution in [2.24, 2.45) is 0 Å². The normalized spacial score (nSPS) is 11.0. The SMILES string of the molecule is Cc1ccc(O)cc1-n1c(N)c(C=O)c2nc(-c3ccnc(N)c3)ccc21. The second-order valence-corrected chi connectivity index (χ2v) is 6.26. The number of hydrogen-bond acceptors (Lipinski definition) is 6. The van der Waals surface area contributed by atoms with Crippen molar-refractivity contribution < 1.29 is 9.90 Å². The Balaban J connectivity index is 2.01. The van der Waals surface area contributed by atoms with Crippen LogP contribution >= 0.6 is 0 Å². The van der Waals surface area contributed by atoms with Crippen LogP contribution in [0.4, 0.5) is 11.6 Å². The summed E-state index contributed by atoms with van der Waals surface area (Å²) in [6.45, 7) is 1.90. The molecule has 7 heteroatoms. The Hall–Kier alpha value is -3.87. The zero-order chi connectivity index (χ0) is 19.1. The summed E-state index contributed by atoms with van der Waals surface area (Å²) in [5.41, 5.74) is 16.5. The zero-order valence-electron chi connectivity index (χ0n) is 14.5. The van der Waals surface area contributed by atoms with Crippen LogP contribution in [0.1, 0.15) is 15.9 Å². The number of phenolic OH excluding ortho intramolecular Hbond substituents is 1. The van der Waals surface area contributed by atoms with E-state index in [1.54, 1.807) is 41.1 Å². The minimum absolute atomic E-state index is 0.112. The lowest BCUT2D eigenvalue weighted by Gasteiger charge is -2.12. The molecule has 3 heterocycles. The second kappa shape index (κ2) is 6.14. The van der Waals surface area contributed by atoms with Crippen LogP contribution in [0.15, 0.2) is 48.7 Å². The van der Waals surface area contributed by atoms with Gasteiger partial charge in [-0.1, -0.05) is 6.07 Å². The molecule has 27 heavy (non-hydrogen) atoms. The van der Waals surface area contributed by atoms with Crippen molar-refractivity contribution in [1.29, 1.82) is 0 Å². The number of aromatic hydroxyl groups is 1. The van der Waals surface area contributed by atoms with Crippen molar-refractivity contribution in [1.82, 2.24) is 14.5 Å². The number of carbonyl (C=O) groups excluding carboxylic acids is 1. The number of benzene rings is 1. The van der Waals surface area contributed by atoms with E-state index in [0.29, 0.717) is 40.1 Å². The molecule has 4 rings (SSSR count). The van der Waals surface area contributed by atoms with Crippen molar-refractivity contribution in [2.75, 3.05) is 11.5 Å². The van der Waals surface area contributed by atoms with Crippen LogP contribution in [-0.4, -0.2) is 25.9 Å². The molecule has 7 nitrogen and oxygen atoms in total. The van der Waals surface area contributed by atoms with Crippen molar-refractivity contribution in [3.8, 4) is 22.7 Å². The van der Waals surface area contributed by atoms with E-state index in [9.17, 15) is 9.90 Å². The van der Waals surface area contributed by atoms with E-state index in [1.165, 1.54) is 0 Å². The Morgan fingerprint density at radius 2 is 1.93 bits per heavy atom. The van der Waals surface area contributed by atoms with Crippen LogP contribution in [0, 0.1) is 6.92 Å². The Bertz CT molecular complexity index is 1200. The first-order valence-corrected chi connectivity index (χ1v) is 8.27. The maximum absolute atomic E-state index is 11.7. The van der Waals surface area contributed by atoms with Crippen LogP contribution < -0.4 is 11.5 Å². The van der Waals surface area contributed by atoms with Gasteiger partial charge in [0.15, 0.2) is 6.29 Å². The number of anilines is 2. The highest BCUT2D eigenvalue weighted by molar-refractivity contribution is 6.03. The van der Waals surface area contributed by atoms with Gasteiger partial charge in [0.2, 0.25) is 0 Å². The lowest BCUT2D eigenvalue weighted by atomic mass is 10.1. The molecule has 0 aliphatic heterocycles. The third kappa shape index (κ3) is 2.65. The quantitative estimate of drug-likeness (QED) is 0.484. The fourth-order valence-corrected chi connectivity index (χ4v) is 3.18. The van der Waals surface area contributed by atoms with Gasteiger partial charge in [-0.05, 0) is 42.8 Å². The first kappa shape index (κ1) is 16.6. The van der Waals surface area contributed by atoms with Crippen LogP contribution in [0.2, 0.25) is 0 Å². The van der Waals surface area contributed by atoms with E-state index in [0.717, 1.165) is 11.1 Å². The number of aromatic nitrogens is 3. The molecule has 1 aromatic carbocycles. The van der Waals surface area contributed by atoms with Crippen molar-refractivity contribution in [2.45, 2.75) is 6.92 Å². The zero-order valence-corrected chi connectivity index (χ0v) is 14.5. The number of aldehydes is 1. The summed E-state index contributed by atoms with van der Waals surface area (Å²) in [7, 11) is 0. The van der Waals surface area contributed by atoms with E-state index in [1.807, 2.05) is 19.1 Å². The third-order valence-corrected chi connectivity index (χ3v) is 4.52. The standard InChI is InChI=1S/C20H17N5O2/c1-11-2-3-13(27)9-17(11)25-16-5-4-15(12-6-7-23-18(21)8-12)24-19(16)14(10-26)20(25)22/h2-10,27H,22H2,1H3,(H2,21,23). The van der Waals surface area contributed by atoms with Gasteiger partial charge in [-0.15, -0.1) is 0 Å². The molecule has 0 bridgehead atoms. The van der Waals surface area contributed by atoms with Gasteiger partial charge in [0.1, 0.15) is 22.9 Å². The average Bonchev–Trinajstić information content (AvgIpc) is 2.94. The Morgan fingerprint density at radius 1 is 1.11 bits per heavy atom. The van der Waals surface area contributed by atoms with E-state index < -0.39 is 0 Å². The van der Waals surface area contributed by atoms with E-state index in [2.05, 4.69) is 9.97 Å². The smallest absolute Gasteiger partial charge is 0.155 e. The highest BCUT2D eigenvalue weighted by Crippen LogP contribution is 2.33. The number of hydrogen-bond donors (Lipinski definition) is 3. The van der Waals surface area contributed by atoms with Crippen molar-refractivity contribution in [3.63, 3.8) is 0 Å². The molecular weight excluding hydrogens is 342 g/mol. The van der Waals surface area contributed by atoms with Gasteiger partial charge in [0, 0.05) is 17.8 Å². The van der Waals surface area contributed by atoms with E-state index in [-0.39, 0.29) is 11.6 Å². The summed E-state index contributed by atoms with van der Waals surface area (Å²) in [5, 5.41) is 9.89. The lowest BCUT2D eigenvalue weighted by molar-refractivity contribution is 0.112. The van der Waals surface area contributed by atoms with Gasteiger partial charge in [0.25, 0.3) is 0 Å². The Labute approximate surface area is 154 Å². The number of nitrogens with two attached hydrogens (primary N) is 2. The molecule has 0 saturated heterocycles. The minimum atomic E-state index is 0.112. The first-order valence-electron chi connectivity index (χ1n) is 8.27. The second-order valence-electron chi connectivity index (χ2n) is 6.26. The molecule has 0 atom stereocenters. The highest BCUT2D eigenvalue weighted by Gasteiger charge is 2.19. The monoisotopic (exact) mass is 359 g/mol. The van der Waals surface area contributed by atoms with Gasteiger partial charge in [-0.2, -0.15) is 0 Å². The van der Waals surface area contributed by atoms with Crippen LogP contribution in [0.5, 0.6) is 5.75 Å². The van der Waals surface area contributed by atoms with Gasteiger partial charge < -0.3 is 16.6 Å². The number of nitrogens with zero attached hydrogens (tertiary/aromatic N) is 3. The molecule has 5 N–H and O–H groups in total. The molecule has 0 radical (unpaired) electrons. The fraction of sp³-hybridized carbons (Fsp3) is 0.0500. The van der Waals surface area contributed by atoms with Crippen molar-refractivity contribution in [3.05, 3.63) is 59.8 Å². The molecule has 0 aliphatic carbocycles. The molecule has 0 fully saturated rings. The summed E-state index contributed by atoms with van der Waals surface area (Å²) in [5.74, 6) is 0.770. The maximum atomic E-state index is 11.7. The molecule has 0 spiro atoms. The average molecular weight is 359 g/mol. The van der Waals surface area contributed by atoms with Crippen molar-refractivity contribution >= 4 is 29.0 Å². The lowest BCUT2D eigenvalue weighted by Crippen LogP contribution is -2.03.